The molecule has 28 heavy (non-hydrogen) atoms. The van der Waals surface area contributed by atoms with E-state index in [2.05, 4.69) is 10.2 Å². The van der Waals surface area contributed by atoms with Crippen molar-refractivity contribution in [3.63, 3.8) is 0 Å². The molecule has 1 saturated heterocycles. The molecule has 1 atom stereocenters. The Balaban J connectivity index is 1.76. The first kappa shape index (κ1) is 18.2. The van der Waals surface area contributed by atoms with Crippen LogP contribution in [0.5, 0.6) is 0 Å². The van der Waals surface area contributed by atoms with Crippen LogP contribution in [0.25, 0.3) is 10.9 Å². The summed E-state index contributed by atoms with van der Waals surface area (Å²) >= 11 is 0. The maximum atomic E-state index is 12.5. The van der Waals surface area contributed by atoms with Crippen molar-refractivity contribution in [1.82, 2.24) is 9.97 Å². The summed E-state index contributed by atoms with van der Waals surface area (Å²) in [5.41, 5.74) is 1.69. The van der Waals surface area contributed by atoms with Gasteiger partial charge in [-0.2, -0.15) is 4.98 Å². The molecular weight excluding hydrogens is 352 g/mol. The number of methoxy groups -OCH3 is 1. The average molecular weight is 376 g/mol. The Hall–Kier alpha value is -3.15. The van der Waals surface area contributed by atoms with E-state index in [1.165, 1.54) is 13.5 Å². The molecule has 3 aromatic rings. The van der Waals surface area contributed by atoms with E-state index in [9.17, 15) is 4.79 Å². The number of benzene rings is 2. The second-order valence-corrected chi connectivity index (χ2v) is 6.95. The zero-order valence-electron chi connectivity index (χ0n) is 16.0. The van der Waals surface area contributed by atoms with E-state index >= 15 is 0 Å². The molecule has 6 heteroatoms. The van der Waals surface area contributed by atoms with Crippen molar-refractivity contribution in [2.75, 3.05) is 30.4 Å². The highest BCUT2D eigenvalue weighted by Crippen LogP contribution is 2.28. The number of carbonyl (C=O) groups excluding carboxylic acids is 1. The highest BCUT2D eigenvalue weighted by molar-refractivity contribution is 5.92. The third-order valence-corrected chi connectivity index (χ3v) is 5.08. The third-order valence-electron chi connectivity index (χ3n) is 5.08. The van der Waals surface area contributed by atoms with Gasteiger partial charge in [-0.15, -0.1) is 0 Å². The minimum atomic E-state index is -0.640. The number of rotatable bonds is 5. The van der Waals surface area contributed by atoms with E-state index in [1.54, 1.807) is 0 Å². The molecule has 6 nitrogen and oxygen atoms in total. The van der Waals surface area contributed by atoms with Crippen molar-refractivity contribution in [3.05, 3.63) is 60.2 Å². The van der Waals surface area contributed by atoms with Gasteiger partial charge in [0.05, 0.1) is 12.6 Å². The fourth-order valence-electron chi connectivity index (χ4n) is 3.59. The van der Waals surface area contributed by atoms with E-state index < -0.39 is 6.04 Å². The van der Waals surface area contributed by atoms with Crippen molar-refractivity contribution in [2.45, 2.75) is 25.3 Å². The monoisotopic (exact) mass is 376 g/mol. The Morgan fingerprint density at radius 2 is 1.71 bits per heavy atom. The van der Waals surface area contributed by atoms with Crippen molar-refractivity contribution >= 4 is 28.6 Å². The summed E-state index contributed by atoms with van der Waals surface area (Å²) in [6.45, 7) is 1.91. The smallest absolute Gasteiger partial charge is 0.333 e. The molecule has 0 unspecified atom stereocenters. The molecule has 0 radical (unpaired) electrons. The molecule has 0 aliphatic carbocycles. The van der Waals surface area contributed by atoms with Crippen molar-refractivity contribution < 1.29 is 9.53 Å². The van der Waals surface area contributed by atoms with E-state index in [0.29, 0.717) is 11.8 Å². The Morgan fingerprint density at radius 1 is 1.00 bits per heavy atom. The van der Waals surface area contributed by atoms with Crippen LogP contribution in [0.1, 0.15) is 30.9 Å². The lowest BCUT2D eigenvalue weighted by atomic mass is 10.1. The van der Waals surface area contributed by atoms with Gasteiger partial charge in [0.2, 0.25) is 5.95 Å². The van der Waals surface area contributed by atoms with Crippen LogP contribution in [0.2, 0.25) is 0 Å². The number of hydrogen-bond acceptors (Lipinski definition) is 6. The number of piperidine rings is 1. The maximum Gasteiger partial charge on any atom is 0.333 e. The molecule has 0 bridgehead atoms. The topological polar surface area (TPSA) is 67.3 Å². The highest BCUT2D eigenvalue weighted by Gasteiger charge is 2.24. The number of para-hydroxylation sites is 1. The average Bonchev–Trinajstić information content (AvgIpc) is 2.78. The largest absolute Gasteiger partial charge is 0.467 e. The first-order valence-corrected chi connectivity index (χ1v) is 9.67. The van der Waals surface area contributed by atoms with Crippen LogP contribution in [0.4, 0.5) is 11.8 Å². The highest BCUT2D eigenvalue weighted by atomic mass is 16.5. The zero-order chi connectivity index (χ0) is 19.3. The quantitative estimate of drug-likeness (QED) is 0.680. The predicted octanol–water partition coefficient (Wildman–Crippen LogP) is 3.95. The second kappa shape index (κ2) is 8.25. The normalized spacial score (nSPS) is 15.2. The van der Waals surface area contributed by atoms with Crippen LogP contribution in [0, 0.1) is 0 Å². The first-order valence-electron chi connectivity index (χ1n) is 9.67. The summed E-state index contributed by atoms with van der Waals surface area (Å²) in [6.07, 6.45) is 3.54. The minimum Gasteiger partial charge on any atom is -0.467 e. The molecule has 144 valence electrons. The Bertz CT molecular complexity index is 955. The van der Waals surface area contributed by atoms with Gasteiger partial charge in [0.1, 0.15) is 5.82 Å². The Labute approximate surface area is 164 Å². The van der Waals surface area contributed by atoms with Crippen LogP contribution < -0.4 is 10.2 Å². The summed E-state index contributed by atoms with van der Waals surface area (Å²) < 4.78 is 5.04. The van der Waals surface area contributed by atoms with Crippen LogP contribution in [0.15, 0.2) is 54.6 Å². The molecule has 1 N–H and O–H groups in total. The first-order chi connectivity index (χ1) is 13.8. The van der Waals surface area contributed by atoms with E-state index in [1.807, 2.05) is 54.6 Å². The van der Waals surface area contributed by atoms with Gasteiger partial charge < -0.3 is 15.0 Å². The van der Waals surface area contributed by atoms with Crippen LogP contribution in [-0.2, 0) is 9.53 Å². The van der Waals surface area contributed by atoms with Crippen molar-refractivity contribution in [2.24, 2.45) is 0 Å². The van der Waals surface area contributed by atoms with Gasteiger partial charge in [-0.25, -0.2) is 9.78 Å². The fourth-order valence-corrected chi connectivity index (χ4v) is 3.59. The summed E-state index contributed by atoms with van der Waals surface area (Å²) in [7, 11) is 1.40. The number of anilines is 2. The van der Waals surface area contributed by atoms with Gasteiger partial charge in [0.15, 0.2) is 6.04 Å². The third kappa shape index (κ3) is 3.76. The molecule has 0 amide bonds. The number of fused-ring (bicyclic) bond motifs is 1. The number of hydrogen-bond donors (Lipinski definition) is 1. The number of nitrogens with one attached hydrogen (secondary N) is 1. The number of nitrogens with zero attached hydrogens (tertiary/aromatic N) is 3. The van der Waals surface area contributed by atoms with Crippen LogP contribution >= 0.6 is 0 Å². The molecule has 0 saturated carbocycles. The SMILES string of the molecule is COC(=O)[C@@H](Nc1nc(N2CCCCC2)nc2ccccc12)c1ccccc1. The summed E-state index contributed by atoms with van der Waals surface area (Å²) in [4.78, 5) is 24.3. The molecule has 1 fully saturated rings. The molecule has 1 aliphatic heterocycles. The molecule has 2 heterocycles. The van der Waals surface area contributed by atoms with Gasteiger partial charge in [0.25, 0.3) is 0 Å². The number of carbonyl (C=O) groups is 1. The van der Waals surface area contributed by atoms with Crippen molar-refractivity contribution in [1.29, 1.82) is 0 Å². The van der Waals surface area contributed by atoms with Crippen molar-refractivity contribution in [3.8, 4) is 0 Å². The summed E-state index contributed by atoms with van der Waals surface area (Å²) in [5.74, 6) is 0.997. The van der Waals surface area contributed by atoms with Gasteiger partial charge in [0, 0.05) is 18.5 Å². The Morgan fingerprint density at radius 3 is 2.46 bits per heavy atom. The minimum absolute atomic E-state index is 0.353. The fraction of sp³-hybridized carbons (Fsp3) is 0.318. The van der Waals surface area contributed by atoms with E-state index in [0.717, 1.165) is 42.4 Å². The Kier molecular flexibility index (Phi) is 5.37. The molecule has 2 aromatic carbocycles. The van der Waals surface area contributed by atoms with Gasteiger partial charge >= 0.3 is 5.97 Å². The van der Waals surface area contributed by atoms with E-state index in [-0.39, 0.29) is 5.97 Å². The molecular formula is C22H24N4O2. The van der Waals surface area contributed by atoms with Crippen LogP contribution in [-0.4, -0.2) is 36.1 Å². The lowest BCUT2D eigenvalue weighted by Crippen LogP contribution is -2.31. The summed E-state index contributed by atoms with van der Waals surface area (Å²) in [5, 5.41) is 4.20. The number of aromatic nitrogens is 2. The molecule has 0 spiro atoms. The molecule has 1 aromatic heterocycles. The molecule has 4 rings (SSSR count). The van der Waals surface area contributed by atoms with Gasteiger partial charge in [-0.05, 0) is 37.0 Å². The lowest BCUT2D eigenvalue weighted by Gasteiger charge is -2.27. The summed E-state index contributed by atoms with van der Waals surface area (Å²) in [6, 6.07) is 16.8. The van der Waals surface area contributed by atoms with Gasteiger partial charge in [-0.1, -0.05) is 42.5 Å². The predicted molar refractivity (Wildman–Crippen MR) is 110 cm³/mol. The standard InChI is InChI=1S/C22H24N4O2/c1-28-21(27)19(16-10-4-2-5-11-16)24-20-17-12-6-7-13-18(17)23-22(25-20)26-14-8-3-9-15-26/h2,4-7,10-13,19H,3,8-9,14-15H2,1H3,(H,23,24,25)/t19-/m0/s1. The van der Waals surface area contributed by atoms with Crippen LogP contribution in [0.3, 0.4) is 0 Å². The molecule has 1 aliphatic rings. The zero-order valence-corrected chi connectivity index (χ0v) is 16.0. The maximum absolute atomic E-state index is 12.5. The number of ether oxygens (including phenoxy) is 1. The van der Waals surface area contributed by atoms with Gasteiger partial charge in [-0.3, -0.25) is 0 Å². The number of esters is 1. The second-order valence-electron chi connectivity index (χ2n) is 6.95. The lowest BCUT2D eigenvalue weighted by molar-refractivity contribution is -0.141. The van der Waals surface area contributed by atoms with E-state index in [4.69, 9.17) is 14.7 Å².